The number of aryl methyl sites for hydroxylation is 1. The van der Waals surface area contributed by atoms with E-state index in [1.165, 1.54) is 83.0 Å². The molecule has 0 saturated heterocycles. The minimum Gasteiger partial charge on any atom is -0.455 e. The van der Waals surface area contributed by atoms with E-state index in [-0.39, 0.29) is 0 Å². The first-order valence-electron chi connectivity index (χ1n) is 22.7. The summed E-state index contributed by atoms with van der Waals surface area (Å²) >= 11 is 0. The van der Waals surface area contributed by atoms with Crippen LogP contribution in [0.25, 0.3) is 105 Å². The Hall–Kier alpha value is -8.20. The maximum Gasteiger partial charge on any atom is 0.143 e. The highest BCUT2D eigenvalue weighted by Gasteiger charge is 2.25. The number of hydrogen-bond acceptors (Lipinski definition) is 1. The van der Waals surface area contributed by atoms with Crippen LogP contribution in [-0.2, 0) is 6.42 Å². The molecule has 65 heavy (non-hydrogen) atoms. The van der Waals surface area contributed by atoms with Crippen molar-refractivity contribution in [2.75, 3.05) is 0 Å². The molecular weight excluding hydrogens is 787 g/mol. The number of furan rings is 1. The van der Waals surface area contributed by atoms with Gasteiger partial charge in [0.2, 0.25) is 0 Å². The summed E-state index contributed by atoms with van der Waals surface area (Å²) in [5, 5.41) is 4.78. The Balaban J connectivity index is 0.833. The Bertz CT molecular complexity index is 3760. The van der Waals surface area contributed by atoms with E-state index in [1.54, 1.807) is 0 Å². The van der Waals surface area contributed by atoms with E-state index in [0.29, 0.717) is 5.92 Å². The van der Waals surface area contributed by atoms with Crippen molar-refractivity contribution in [3.63, 3.8) is 0 Å². The number of benzene rings is 10. The molecule has 1 aliphatic rings. The Morgan fingerprint density at radius 1 is 0.369 bits per heavy atom. The van der Waals surface area contributed by atoms with E-state index in [9.17, 15) is 0 Å². The smallest absolute Gasteiger partial charge is 0.143 e. The van der Waals surface area contributed by atoms with Gasteiger partial charge in [-0.3, -0.25) is 0 Å². The zero-order valence-electron chi connectivity index (χ0n) is 35.8. The average molecular weight is 830 g/mol. The van der Waals surface area contributed by atoms with Gasteiger partial charge in [0.1, 0.15) is 11.2 Å². The van der Waals surface area contributed by atoms with Gasteiger partial charge in [0.25, 0.3) is 0 Å². The molecule has 2 aromatic heterocycles. The van der Waals surface area contributed by atoms with Crippen molar-refractivity contribution in [2.24, 2.45) is 0 Å². The van der Waals surface area contributed by atoms with Crippen molar-refractivity contribution in [3.8, 4) is 61.3 Å². The van der Waals surface area contributed by atoms with Gasteiger partial charge >= 0.3 is 0 Å². The molecule has 2 heterocycles. The Kier molecular flexibility index (Phi) is 8.77. The van der Waals surface area contributed by atoms with Crippen LogP contribution in [0.3, 0.4) is 0 Å². The number of hydrogen-bond donors (Lipinski definition) is 0. The molecular formula is C63H43NO. The molecule has 0 bridgehead atoms. The largest absolute Gasteiger partial charge is 0.455 e. The molecule has 0 spiro atoms. The van der Waals surface area contributed by atoms with E-state index < -0.39 is 0 Å². The number of fused-ring (bicyclic) bond motifs is 9. The van der Waals surface area contributed by atoms with Gasteiger partial charge in [0, 0.05) is 38.7 Å². The molecule has 0 saturated carbocycles. The summed E-state index contributed by atoms with van der Waals surface area (Å²) in [6, 6.07) is 84.6. The van der Waals surface area contributed by atoms with Crippen LogP contribution in [0.2, 0.25) is 0 Å². The highest BCUT2D eigenvalue weighted by Crippen LogP contribution is 2.44. The second kappa shape index (κ2) is 15.3. The third-order valence-corrected chi connectivity index (χ3v) is 13.9. The van der Waals surface area contributed by atoms with E-state index in [0.717, 1.165) is 51.6 Å². The summed E-state index contributed by atoms with van der Waals surface area (Å²) in [5.41, 5.74) is 21.9. The molecule has 0 fully saturated rings. The summed E-state index contributed by atoms with van der Waals surface area (Å²) in [6.07, 6.45) is 2.12. The second-order valence-electron chi connectivity index (χ2n) is 17.5. The lowest BCUT2D eigenvalue weighted by molar-refractivity contribution is 0.670. The van der Waals surface area contributed by atoms with Gasteiger partial charge in [-0.15, -0.1) is 0 Å². The number of aromatic nitrogens is 1. The topological polar surface area (TPSA) is 18.1 Å². The van der Waals surface area contributed by atoms with Crippen molar-refractivity contribution in [1.29, 1.82) is 0 Å². The number of para-hydroxylation sites is 3. The van der Waals surface area contributed by atoms with Crippen molar-refractivity contribution < 1.29 is 4.42 Å². The van der Waals surface area contributed by atoms with Crippen LogP contribution in [0, 0.1) is 0 Å². The molecule has 306 valence electrons. The lowest BCUT2D eigenvalue weighted by Crippen LogP contribution is -2.03. The van der Waals surface area contributed by atoms with Crippen LogP contribution >= 0.6 is 0 Å². The fraction of sp³-hybridized carbons (Fsp3) is 0.0476. The highest BCUT2D eigenvalue weighted by atomic mass is 16.3. The third kappa shape index (κ3) is 6.32. The molecule has 1 unspecified atom stereocenters. The van der Waals surface area contributed by atoms with Gasteiger partial charge in [-0.1, -0.05) is 188 Å². The van der Waals surface area contributed by atoms with E-state index in [4.69, 9.17) is 4.42 Å². The summed E-state index contributed by atoms with van der Waals surface area (Å²) in [5.74, 6) is 0.307. The lowest BCUT2D eigenvalue weighted by atomic mass is 9.83. The van der Waals surface area contributed by atoms with Gasteiger partial charge < -0.3 is 8.98 Å². The molecule has 2 heteroatoms. The third-order valence-electron chi connectivity index (χ3n) is 13.9. The van der Waals surface area contributed by atoms with Crippen molar-refractivity contribution in [2.45, 2.75) is 18.8 Å². The van der Waals surface area contributed by atoms with Crippen LogP contribution in [0.1, 0.15) is 29.0 Å². The molecule has 1 aliphatic carbocycles. The quantitative estimate of drug-likeness (QED) is 0.163. The van der Waals surface area contributed by atoms with Gasteiger partial charge in [0.05, 0.1) is 11.0 Å². The number of rotatable bonds is 6. The lowest BCUT2D eigenvalue weighted by Gasteiger charge is -2.20. The SMILES string of the molecule is c1ccc(-c2cccc(C3CCc4ccccc4-c4cc(-c5ccc(-c6ccc7c(c6)c6ccccc6n7-c6ccc(-c7cccc8c7oc7ccccc78)cc6)cc5)ccc43)c2)cc1. The average Bonchev–Trinajstić information content (AvgIpc) is 3.87. The standard InChI is InChI=1S/C63H43NO/c1-2-12-41(13-3-1)46-15-10-16-49(38-46)52-35-30-44-14-4-5-17-51(44)58-39-47(31-36-54(52)58)42-24-26-43(27-25-42)48-32-37-61-59(40-48)55-18-6-8-22-60(55)64(61)50-33-28-45(29-34-50)53-20-11-21-57-56-19-7-9-23-62(56)65-63(53)57/h1-29,31-34,36-40,52H,30,35H2. The van der Waals surface area contributed by atoms with E-state index in [2.05, 4.69) is 223 Å². The van der Waals surface area contributed by atoms with Gasteiger partial charge in [-0.2, -0.15) is 0 Å². The minimum absolute atomic E-state index is 0.307. The summed E-state index contributed by atoms with van der Waals surface area (Å²) in [6.45, 7) is 0. The highest BCUT2D eigenvalue weighted by molar-refractivity contribution is 6.11. The Morgan fingerprint density at radius 3 is 1.83 bits per heavy atom. The molecule has 13 rings (SSSR count). The zero-order chi connectivity index (χ0) is 42.8. The van der Waals surface area contributed by atoms with Crippen molar-refractivity contribution >= 4 is 43.7 Å². The van der Waals surface area contributed by atoms with Gasteiger partial charge in [0.15, 0.2) is 0 Å². The summed E-state index contributed by atoms with van der Waals surface area (Å²) in [7, 11) is 0. The predicted molar refractivity (Wildman–Crippen MR) is 272 cm³/mol. The molecule has 0 aliphatic heterocycles. The molecule has 12 aromatic rings. The van der Waals surface area contributed by atoms with Crippen LogP contribution in [-0.4, -0.2) is 4.57 Å². The first-order chi connectivity index (χ1) is 32.2. The van der Waals surface area contributed by atoms with Crippen LogP contribution in [0.15, 0.2) is 235 Å². The van der Waals surface area contributed by atoms with E-state index in [1.807, 2.05) is 12.1 Å². The summed E-state index contributed by atoms with van der Waals surface area (Å²) < 4.78 is 8.79. The fourth-order valence-electron chi connectivity index (χ4n) is 10.7. The Morgan fingerprint density at radius 2 is 0.969 bits per heavy atom. The first kappa shape index (κ1) is 37.4. The molecule has 10 aromatic carbocycles. The minimum atomic E-state index is 0.307. The maximum atomic E-state index is 6.39. The second-order valence-corrected chi connectivity index (χ2v) is 17.5. The van der Waals surface area contributed by atoms with Crippen LogP contribution in [0.4, 0.5) is 0 Å². The van der Waals surface area contributed by atoms with Crippen LogP contribution < -0.4 is 0 Å². The number of nitrogens with zero attached hydrogens (tertiary/aromatic N) is 1. The normalized spacial score (nSPS) is 13.6. The predicted octanol–water partition coefficient (Wildman–Crippen LogP) is 17.1. The molecule has 0 amide bonds. The van der Waals surface area contributed by atoms with Gasteiger partial charge in [-0.05, 0) is 122 Å². The summed E-state index contributed by atoms with van der Waals surface area (Å²) in [4.78, 5) is 0. The van der Waals surface area contributed by atoms with Crippen molar-refractivity contribution in [1.82, 2.24) is 4.57 Å². The maximum absolute atomic E-state index is 6.39. The fourth-order valence-corrected chi connectivity index (χ4v) is 10.7. The monoisotopic (exact) mass is 829 g/mol. The molecule has 2 nitrogen and oxygen atoms in total. The van der Waals surface area contributed by atoms with E-state index >= 15 is 0 Å². The Labute approximate surface area is 378 Å². The molecule has 0 radical (unpaired) electrons. The van der Waals surface area contributed by atoms with Gasteiger partial charge in [-0.25, -0.2) is 0 Å². The van der Waals surface area contributed by atoms with Crippen molar-refractivity contribution in [3.05, 3.63) is 247 Å². The van der Waals surface area contributed by atoms with Crippen LogP contribution in [0.5, 0.6) is 0 Å². The first-order valence-corrected chi connectivity index (χ1v) is 22.7. The molecule has 1 atom stereocenters. The zero-order valence-corrected chi connectivity index (χ0v) is 35.8. The molecule has 0 N–H and O–H groups in total.